The number of fused-ring (bicyclic) bond motifs is 1. The van der Waals surface area contributed by atoms with Gasteiger partial charge >= 0.3 is 0 Å². The second-order valence-corrected chi connectivity index (χ2v) is 5.67. The Morgan fingerprint density at radius 1 is 1.59 bits per heavy atom. The number of nitrogens with zero attached hydrogens (tertiary/aromatic N) is 1. The van der Waals surface area contributed by atoms with Gasteiger partial charge in [0.25, 0.3) is 0 Å². The molecule has 2 N–H and O–H groups in total. The highest BCUT2D eigenvalue weighted by atomic mass is 32.1. The summed E-state index contributed by atoms with van der Waals surface area (Å²) >= 11 is 1.77. The summed E-state index contributed by atoms with van der Waals surface area (Å²) in [5.41, 5.74) is 8.19. The van der Waals surface area contributed by atoms with Gasteiger partial charge in [-0.25, -0.2) is 4.98 Å². The molecule has 2 aromatic heterocycles. The van der Waals surface area contributed by atoms with Gasteiger partial charge < -0.3 is 10.2 Å². The van der Waals surface area contributed by atoms with Crippen LogP contribution in [0.1, 0.15) is 34.9 Å². The number of aromatic nitrogens is 1. The van der Waals surface area contributed by atoms with Crippen molar-refractivity contribution in [2.75, 3.05) is 6.54 Å². The van der Waals surface area contributed by atoms with Crippen molar-refractivity contribution in [3.05, 3.63) is 28.5 Å². The number of thiazole rings is 1. The van der Waals surface area contributed by atoms with Crippen molar-refractivity contribution in [1.82, 2.24) is 4.98 Å². The maximum atomic E-state index is 5.82. The van der Waals surface area contributed by atoms with Crippen LogP contribution in [0, 0.1) is 6.92 Å². The van der Waals surface area contributed by atoms with Gasteiger partial charge in [-0.15, -0.1) is 11.3 Å². The van der Waals surface area contributed by atoms with E-state index in [2.05, 4.69) is 6.92 Å². The molecule has 0 bridgehead atoms. The van der Waals surface area contributed by atoms with E-state index in [1.54, 1.807) is 17.6 Å². The van der Waals surface area contributed by atoms with E-state index in [1.165, 1.54) is 23.4 Å². The lowest BCUT2D eigenvalue weighted by Gasteiger charge is -2.18. The molecule has 2 heterocycles. The van der Waals surface area contributed by atoms with Crippen LogP contribution in [-0.2, 0) is 6.42 Å². The van der Waals surface area contributed by atoms with Crippen LogP contribution >= 0.6 is 11.3 Å². The van der Waals surface area contributed by atoms with E-state index in [1.807, 2.05) is 6.07 Å². The normalized spacial score (nSPS) is 19.3. The first-order valence-corrected chi connectivity index (χ1v) is 6.85. The maximum Gasteiger partial charge on any atom is 0.165 e. The topological polar surface area (TPSA) is 52.0 Å². The molecule has 0 amide bonds. The van der Waals surface area contributed by atoms with Crippen molar-refractivity contribution in [3.63, 3.8) is 0 Å². The van der Waals surface area contributed by atoms with Crippen LogP contribution in [0.25, 0.3) is 10.8 Å². The van der Waals surface area contributed by atoms with E-state index in [4.69, 9.17) is 15.1 Å². The monoisotopic (exact) mass is 248 g/mol. The minimum absolute atomic E-state index is 0.444. The predicted octanol–water partition coefficient (Wildman–Crippen LogP) is 3.09. The van der Waals surface area contributed by atoms with Crippen molar-refractivity contribution in [2.24, 2.45) is 5.73 Å². The molecule has 1 atom stereocenters. The largest absolute Gasteiger partial charge is 0.462 e. The predicted molar refractivity (Wildman–Crippen MR) is 69.3 cm³/mol. The zero-order chi connectivity index (χ0) is 11.8. The highest BCUT2D eigenvalue weighted by Gasteiger charge is 2.25. The molecular formula is C13H16N2OS. The standard InChI is InChI=1S/C13H16N2OS/c1-8-5-6-16-12(8)13-15-11-9(7-14)3-2-4-10(11)17-13/h5-6,9H,2-4,7,14H2,1H3. The fraction of sp³-hybridized carbons (Fsp3) is 0.462. The molecule has 0 aliphatic heterocycles. The number of nitrogens with two attached hydrogens (primary N) is 1. The van der Waals surface area contributed by atoms with E-state index in [0.29, 0.717) is 12.5 Å². The Kier molecular flexibility index (Phi) is 2.76. The summed E-state index contributed by atoms with van der Waals surface area (Å²) in [4.78, 5) is 6.15. The van der Waals surface area contributed by atoms with E-state index >= 15 is 0 Å². The van der Waals surface area contributed by atoms with Crippen LogP contribution in [0.3, 0.4) is 0 Å². The highest BCUT2D eigenvalue weighted by molar-refractivity contribution is 7.15. The van der Waals surface area contributed by atoms with Crippen molar-refractivity contribution >= 4 is 11.3 Å². The Balaban J connectivity index is 2.04. The minimum atomic E-state index is 0.444. The van der Waals surface area contributed by atoms with E-state index in [0.717, 1.165) is 22.8 Å². The van der Waals surface area contributed by atoms with E-state index < -0.39 is 0 Å². The van der Waals surface area contributed by atoms with Crippen LogP contribution in [0.4, 0.5) is 0 Å². The summed E-state index contributed by atoms with van der Waals surface area (Å²) in [6, 6.07) is 1.98. The van der Waals surface area contributed by atoms with Gasteiger partial charge in [-0.3, -0.25) is 0 Å². The van der Waals surface area contributed by atoms with Gasteiger partial charge in [0.05, 0.1) is 12.0 Å². The first-order chi connectivity index (χ1) is 8.29. The fourth-order valence-electron chi connectivity index (χ4n) is 2.43. The number of aryl methyl sites for hydroxylation is 2. The molecule has 1 unspecified atom stereocenters. The smallest absolute Gasteiger partial charge is 0.165 e. The van der Waals surface area contributed by atoms with Gasteiger partial charge in [-0.05, 0) is 37.8 Å². The first-order valence-electron chi connectivity index (χ1n) is 6.03. The van der Waals surface area contributed by atoms with Crippen molar-refractivity contribution in [2.45, 2.75) is 32.1 Å². The molecule has 90 valence electrons. The number of rotatable bonds is 2. The highest BCUT2D eigenvalue weighted by Crippen LogP contribution is 2.38. The molecule has 0 spiro atoms. The third kappa shape index (κ3) is 1.81. The summed E-state index contributed by atoms with van der Waals surface area (Å²) in [6.07, 6.45) is 5.27. The van der Waals surface area contributed by atoms with Gasteiger partial charge in [-0.2, -0.15) is 0 Å². The molecule has 3 rings (SSSR count). The third-order valence-electron chi connectivity index (χ3n) is 3.41. The molecule has 0 saturated carbocycles. The summed E-state index contributed by atoms with van der Waals surface area (Å²) in [5, 5.41) is 1.01. The average molecular weight is 248 g/mol. The van der Waals surface area contributed by atoms with Crippen LogP contribution in [0.5, 0.6) is 0 Å². The van der Waals surface area contributed by atoms with Gasteiger partial charge in [0.1, 0.15) is 0 Å². The van der Waals surface area contributed by atoms with Crippen molar-refractivity contribution in [1.29, 1.82) is 0 Å². The lowest BCUT2D eigenvalue weighted by molar-refractivity contribution is 0.552. The summed E-state index contributed by atoms with van der Waals surface area (Å²) in [7, 11) is 0. The number of hydrogen-bond acceptors (Lipinski definition) is 4. The van der Waals surface area contributed by atoms with Gasteiger partial charge in [0.15, 0.2) is 10.8 Å². The minimum Gasteiger partial charge on any atom is -0.462 e. The van der Waals surface area contributed by atoms with E-state index in [9.17, 15) is 0 Å². The Bertz CT molecular complexity index is 529. The second kappa shape index (κ2) is 4.27. The Morgan fingerprint density at radius 2 is 2.47 bits per heavy atom. The first kappa shape index (κ1) is 11.0. The molecule has 1 aliphatic carbocycles. The lowest BCUT2D eigenvalue weighted by atomic mass is 9.91. The SMILES string of the molecule is Cc1ccoc1-c1nc2c(s1)CCCC2CN. The quantitative estimate of drug-likeness (QED) is 0.888. The Labute approximate surface area is 105 Å². The van der Waals surface area contributed by atoms with E-state index in [-0.39, 0.29) is 0 Å². The molecule has 1 aliphatic rings. The zero-order valence-electron chi connectivity index (χ0n) is 9.90. The zero-order valence-corrected chi connectivity index (χ0v) is 10.7. The van der Waals surface area contributed by atoms with Crippen LogP contribution in [-0.4, -0.2) is 11.5 Å². The van der Waals surface area contributed by atoms with Crippen LogP contribution in [0.15, 0.2) is 16.7 Å². The second-order valence-electron chi connectivity index (χ2n) is 4.59. The molecule has 0 aromatic carbocycles. The van der Waals surface area contributed by atoms with Crippen molar-refractivity contribution in [3.8, 4) is 10.8 Å². The molecule has 0 fully saturated rings. The third-order valence-corrected chi connectivity index (χ3v) is 4.54. The molecule has 2 aromatic rings. The van der Waals surface area contributed by atoms with Gasteiger partial charge in [0, 0.05) is 17.3 Å². The molecule has 4 heteroatoms. The molecule has 0 saturated heterocycles. The molecule has 17 heavy (non-hydrogen) atoms. The van der Waals surface area contributed by atoms with Gasteiger partial charge in [0.2, 0.25) is 0 Å². The Morgan fingerprint density at radius 3 is 3.18 bits per heavy atom. The Hall–Kier alpha value is -1.13. The number of furan rings is 1. The van der Waals surface area contributed by atoms with Crippen molar-refractivity contribution < 1.29 is 4.42 Å². The molecular weight excluding hydrogens is 232 g/mol. The molecule has 3 nitrogen and oxygen atoms in total. The summed E-state index contributed by atoms with van der Waals surface area (Å²) < 4.78 is 5.51. The van der Waals surface area contributed by atoms with Crippen LogP contribution < -0.4 is 5.73 Å². The van der Waals surface area contributed by atoms with Crippen LogP contribution in [0.2, 0.25) is 0 Å². The lowest BCUT2D eigenvalue weighted by Crippen LogP contribution is -2.17. The molecule has 0 radical (unpaired) electrons. The maximum absolute atomic E-state index is 5.82. The average Bonchev–Trinajstić information content (AvgIpc) is 2.93. The summed E-state index contributed by atoms with van der Waals surface area (Å²) in [6.45, 7) is 2.76. The van der Waals surface area contributed by atoms with Gasteiger partial charge in [-0.1, -0.05) is 0 Å². The fourth-order valence-corrected chi connectivity index (χ4v) is 3.67. The summed E-state index contributed by atoms with van der Waals surface area (Å²) in [5.74, 6) is 1.36. The number of hydrogen-bond donors (Lipinski definition) is 1.